The van der Waals surface area contributed by atoms with E-state index in [0.29, 0.717) is 0 Å². The van der Waals surface area contributed by atoms with E-state index in [1.54, 1.807) is 70.6 Å². The van der Waals surface area contributed by atoms with Crippen molar-refractivity contribution in [3.05, 3.63) is 0 Å². The molecule has 0 aliphatic heterocycles. The molecule has 1 N–H and O–H groups in total. The van der Waals surface area contributed by atoms with Crippen molar-refractivity contribution in [3.63, 3.8) is 0 Å². The van der Waals surface area contributed by atoms with Gasteiger partial charge in [0.25, 0.3) is 0 Å². The van der Waals surface area contributed by atoms with Gasteiger partial charge in [-0.15, -0.1) is 0 Å². The number of fused-ring (bicyclic) bond motifs is 6. The van der Waals surface area contributed by atoms with Crippen molar-refractivity contribution in [3.8, 4) is 0 Å². The molecule has 4 saturated carbocycles. The van der Waals surface area contributed by atoms with Crippen molar-refractivity contribution in [2.75, 3.05) is 0 Å². The quantitative estimate of drug-likeness (QED) is 0.505. The number of nitrogens with one attached hydrogen (secondary N) is 1. The first-order chi connectivity index (χ1) is 10.4. The van der Waals surface area contributed by atoms with Crippen LogP contribution in [0.2, 0.25) is 0 Å². The number of hydrogen-bond donors (Lipinski definition) is 1. The van der Waals surface area contributed by atoms with E-state index in [2.05, 4.69) is 6.72 Å². The van der Waals surface area contributed by atoms with Crippen LogP contribution in [0, 0.1) is 40.9 Å². The van der Waals surface area contributed by atoms with Crippen LogP contribution in [0.4, 0.5) is 0 Å². The lowest BCUT2D eigenvalue weighted by molar-refractivity contribution is -0.0484. The molecule has 0 aromatic heterocycles. The fraction of sp³-hybridized carbons (Fsp3) is 0.950. The van der Waals surface area contributed by atoms with Crippen LogP contribution in [0.3, 0.4) is 0 Å². The molecule has 4 aliphatic rings. The van der Waals surface area contributed by atoms with Gasteiger partial charge in [0.15, 0.2) is 0 Å². The standard InChI is InChI=1S/C17H28.C2H6.CH3N/c1-3-8-14-12(6-1)13-7-2-4-9-15(13)17-11-5-10-16(14)17;2*1-2/h12-17H,1-11H2;1-2H3;2H,1H2. The molecule has 0 aromatic rings. The van der Waals surface area contributed by atoms with Gasteiger partial charge in [-0.3, -0.25) is 0 Å². The maximum Gasteiger partial charge on any atom is -0.0187 e. The normalized spacial score (nSPS) is 43.9. The Labute approximate surface area is 132 Å². The summed E-state index contributed by atoms with van der Waals surface area (Å²) in [5.74, 6) is 7.06. The second-order valence-electron chi connectivity index (χ2n) is 7.48. The van der Waals surface area contributed by atoms with E-state index in [4.69, 9.17) is 5.41 Å². The third kappa shape index (κ3) is 3.22. The number of rotatable bonds is 0. The van der Waals surface area contributed by atoms with E-state index < -0.39 is 0 Å². The van der Waals surface area contributed by atoms with Crippen LogP contribution in [0.15, 0.2) is 0 Å². The SMILES string of the molecule is C1CCC2C(C1)C1CCCCC1C1CCCC21.C=N.CC. The second kappa shape index (κ2) is 8.34. The summed E-state index contributed by atoms with van der Waals surface area (Å²) in [4.78, 5) is 0. The molecule has 0 bridgehead atoms. The van der Waals surface area contributed by atoms with Gasteiger partial charge in [-0.1, -0.05) is 46.0 Å². The minimum atomic E-state index is 1.17. The van der Waals surface area contributed by atoms with Gasteiger partial charge >= 0.3 is 0 Å². The molecule has 0 saturated heterocycles. The summed E-state index contributed by atoms with van der Waals surface area (Å²) in [7, 11) is 0. The smallest absolute Gasteiger partial charge is 0.0187 e. The molecule has 0 aromatic carbocycles. The Hall–Kier alpha value is -0.330. The van der Waals surface area contributed by atoms with Gasteiger partial charge in [0.1, 0.15) is 0 Å². The van der Waals surface area contributed by atoms with Crippen LogP contribution in [-0.2, 0) is 0 Å². The van der Waals surface area contributed by atoms with Crippen LogP contribution in [0.1, 0.15) is 84.5 Å². The first-order valence-corrected chi connectivity index (χ1v) is 9.80. The molecule has 1 nitrogen and oxygen atoms in total. The molecule has 4 rings (SSSR count). The fourth-order valence-corrected chi connectivity index (χ4v) is 6.58. The van der Waals surface area contributed by atoms with Crippen LogP contribution in [0.5, 0.6) is 0 Å². The summed E-state index contributed by atoms with van der Waals surface area (Å²) in [5, 5.41) is 5.50. The molecule has 0 heterocycles. The number of hydrogen-bond acceptors (Lipinski definition) is 1. The average molecular weight is 292 g/mol. The van der Waals surface area contributed by atoms with E-state index in [9.17, 15) is 0 Å². The summed E-state index contributed by atoms with van der Waals surface area (Å²) in [6.07, 6.45) is 17.4. The predicted molar refractivity (Wildman–Crippen MR) is 92.9 cm³/mol. The highest BCUT2D eigenvalue weighted by Crippen LogP contribution is 2.60. The summed E-state index contributed by atoms with van der Waals surface area (Å²) in [6, 6.07) is 0. The molecule has 0 spiro atoms. The molecule has 1 heteroatoms. The van der Waals surface area contributed by atoms with Crippen molar-refractivity contribution in [1.82, 2.24) is 0 Å². The first kappa shape index (κ1) is 17.0. The van der Waals surface area contributed by atoms with Crippen molar-refractivity contribution >= 4 is 6.72 Å². The lowest BCUT2D eigenvalue weighted by Crippen LogP contribution is -2.46. The molecule has 122 valence electrons. The molecule has 4 fully saturated rings. The summed E-state index contributed by atoms with van der Waals surface area (Å²) in [5.41, 5.74) is 0. The zero-order valence-corrected chi connectivity index (χ0v) is 14.4. The summed E-state index contributed by atoms with van der Waals surface area (Å²) < 4.78 is 0. The average Bonchev–Trinajstić information content (AvgIpc) is 3.09. The third-order valence-corrected chi connectivity index (χ3v) is 7.02. The van der Waals surface area contributed by atoms with E-state index in [-0.39, 0.29) is 0 Å². The van der Waals surface area contributed by atoms with Crippen LogP contribution in [-0.4, -0.2) is 6.72 Å². The highest BCUT2D eigenvalue weighted by Gasteiger charge is 2.51. The van der Waals surface area contributed by atoms with Crippen LogP contribution >= 0.6 is 0 Å². The van der Waals surface area contributed by atoms with E-state index in [1.807, 2.05) is 13.8 Å². The van der Waals surface area contributed by atoms with Gasteiger partial charge in [0.05, 0.1) is 0 Å². The van der Waals surface area contributed by atoms with Gasteiger partial charge in [-0.2, -0.15) is 0 Å². The van der Waals surface area contributed by atoms with Gasteiger partial charge < -0.3 is 5.41 Å². The Kier molecular flexibility index (Phi) is 6.76. The Morgan fingerprint density at radius 2 is 0.667 bits per heavy atom. The van der Waals surface area contributed by atoms with E-state index in [1.165, 1.54) is 35.5 Å². The van der Waals surface area contributed by atoms with E-state index in [0.717, 1.165) is 0 Å². The van der Waals surface area contributed by atoms with Gasteiger partial charge in [-0.25, -0.2) is 0 Å². The molecular formula is C20H37N. The van der Waals surface area contributed by atoms with Crippen molar-refractivity contribution in [2.45, 2.75) is 84.5 Å². The zero-order valence-electron chi connectivity index (χ0n) is 14.4. The maximum atomic E-state index is 5.50. The molecule has 6 atom stereocenters. The van der Waals surface area contributed by atoms with Crippen molar-refractivity contribution in [2.24, 2.45) is 35.5 Å². The first-order valence-electron chi connectivity index (χ1n) is 9.80. The lowest BCUT2D eigenvalue weighted by Gasteiger charge is -2.54. The molecule has 0 radical (unpaired) electrons. The Morgan fingerprint density at radius 1 is 0.476 bits per heavy atom. The zero-order chi connectivity index (χ0) is 15.2. The van der Waals surface area contributed by atoms with Gasteiger partial charge in [0.2, 0.25) is 0 Å². The molecule has 4 aliphatic carbocycles. The monoisotopic (exact) mass is 291 g/mol. The molecular weight excluding hydrogens is 254 g/mol. The Morgan fingerprint density at radius 3 is 0.905 bits per heavy atom. The highest BCUT2D eigenvalue weighted by atomic mass is 14.6. The third-order valence-electron chi connectivity index (χ3n) is 7.02. The fourth-order valence-electron chi connectivity index (χ4n) is 6.58. The van der Waals surface area contributed by atoms with Crippen molar-refractivity contribution < 1.29 is 0 Å². The van der Waals surface area contributed by atoms with Crippen LogP contribution in [0.25, 0.3) is 0 Å². The largest absolute Gasteiger partial charge is 0.317 e. The molecule has 0 amide bonds. The Bertz CT molecular complexity index is 272. The minimum Gasteiger partial charge on any atom is -0.317 e. The predicted octanol–water partition coefficient (Wildman–Crippen LogP) is 6.32. The Balaban J connectivity index is 0.000000374. The van der Waals surface area contributed by atoms with E-state index >= 15 is 0 Å². The maximum absolute atomic E-state index is 5.50. The topological polar surface area (TPSA) is 23.9 Å². The second-order valence-corrected chi connectivity index (χ2v) is 7.48. The van der Waals surface area contributed by atoms with Gasteiger partial charge in [-0.05, 0) is 80.7 Å². The molecule has 21 heavy (non-hydrogen) atoms. The lowest BCUT2D eigenvalue weighted by atomic mass is 9.51. The molecule has 6 unspecified atom stereocenters. The highest BCUT2D eigenvalue weighted by molar-refractivity contribution is 5.15. The van der Waals surface area contributed by atoms with Gasteiger partial charge in [0, 0.05) is 0 Å². The van der Waals surface area contributed by atoms with Crippen molar-refractivity contribution in [1.29, 1.82) is 5.41 Å². The summed E-state index contributed by atoms with van der Waals surface area (Å²) in [6.45, 7) is 6.50. The summed E-state index contributed by atoms with van der Waals surface area (Å²) >= 11 is 0. The minimum absolute atomic E-state index is 1.17. The van der Waals surface area contributed by atoms with Crippen LogP contribution < -0.4 is 0 Å².